The molecule has 0 saturated heterocycles. The summed E-state index contributed by atoms with van der Waals surface area (Å²) in [5, 5.41) is 8.82. The molecule has 0 amide bonds. The van der Waals surface area contributed by atoms with Crippen LogP contribution in [0.2, 0.25) is 0 Å². The van der Waals surface area contributed by atoms with Crippen LogP contribution in [0.25, 0.3) is 0 Å². The van der Waals surface area contributed by atoms with Gasteiger partial charge in [-0.15, -0.1) is 0 Å². The highest BCUT2D eigenvalue weighted by atomic mass is 19.4. The standard InChI is InChI=1S/C11H10F3NO2/c12-11(13,14)7-3-1-6(2-4-7)8-5-10(8,15)9(16)17/h1-4,8H,5,15H2,(H,16,17)/t8-,10-/m1/s1. The average Bonchev–Trinajstić information content (AvgIpc) is 2.91. The van der Waals surface area contributed by atoms with Crippen LogP contribution in [0.15, 0.2) is 24.3 Å². The van der Waals surface area contributed by atoms with Crippen molar-refractivity contribution in [1.29, 1.82) is 0 Å². The number of hydrogen-bond acceptors (Lipinski definition) is 2. The fraction of sp³-hybridized carbons (Fsp3) is 0.364. The second-order valence-electron chi connectivity index (χ2n) is 4.22. The Labute approximate surface area is 95.0 Å². The van der Waals surface area contributed by atoms with E-state index < -0.39 is 29.2 Å². The highest BCUT2D eigenvalue weighted by Crippen LogP contribution is 2.49. The van der Waals surface area contributed by atoms with E-state index in [9.17, 15) is 18.0 Å². The van der Waals surface area contributed by atoms with E-state index in [0.717, 1.165) is 12.1 Å². The van der Waals surface area contributed by atoms with Gasteiger partial charge in [0.05, 0.1) is 5.56 Å². The van der Waals surface area contributed by atoms with Crippen LogP contribution in [-0.2, 0) is 11.0 Å². The lowest BCUT2D eigenvalue weighted by atomic mass is 10.0. The van der Waals surface area contributed by atoms with Crippen molar-refractivity contribution in [3.05, 3.63) is 35.4 Å². The van der Waals surface area contributed by atoms with E-state index in [-0.39, 0.29) is 6.42 Å². The molecule has 2 rings (SSSR count). The van der Waals surface area contributed by atoms with Crippen LogP contribution < -0.4 is 5.73 Å². The molecule has 6 heteroatoms. The van der Waals surface area contributed by atoms with Crippen LogP contribution >= 0.6 is 0 Å². The Morgan fingerprint density at radius 1 is 1.35 bits per heavy atom. The average molecular weight is 245 g/mol. The van der Waals surface area contributed by atoms with Crippen molar-refractivity contribution in [2.75, 3.05) is 0 Å². The van der Waals surface area contributed by atoms with Gasteiger partial charge in [0, 0.05) is 5.92 Å². The first-order valence-corrected chi connectivity index (χ1v) is 4.94. The van der Waals surface area contributed by atoms with Crippen LogP contribution in [0.3, 0.4) is 0 Å². The summed E-state index contributed by atoms with van der Waals surface area (Å²) in [6, 6.07) is 4.45. The minimum Gasteiger partial charge on any atom is -0.480 e. The predicted molar refractivity (Wildman–Crippen MR) is 53.4 cm³/mol. The molecule has 1 aromatic carbocycles. The quantitative estimate of drug-likeness (QED) is 0.837. The molecule has 1 aliphatic rings. The first kappa shape index (κ1) is 11.9. The van der Waals surface area contributed by atoms with Gasteiger partial charge in [-0.3, -0.25) is 4.79 Å². The molecule has 0 radical (unpaired) electrons. The highest BCUT2D eigenvalue weighted by Gasteiger charge is 2.58. The molecule has 0 bridgehead atoms. The molecule has 1 aliphatic carbocycles. The van der Waals surface area contributed by atoms with Crippen LogP contribution in [0.5, 0.6) is 0 Å². The third-order valence-electron chi connectivity index (χ3n) is 3.04. The molecule has 17 heavy (non-hydrogen) atoms. The van der Waals surface area contributed by atoms with Crippen molar-refractivity contribution in [2.24, 2.45) is 5.73 Å². The van der Waals surface area contributed by atoms with E-state index in [1.54, 1.807) is 0 Å². The van der Waals surface area contributed by atoms with Crippen LogP contribution in [-0.4, -0.2) is 16.6 Å². The summed E-state index contributed by atoms with van der Waals surface area (Å²) < 4.78 is 36.9. The third-order valence-corrected chi connectivity index (χ3v) is 3.04. The van der Waals surface area contributed by atoms with E-state index in [4.69, 9.17) is 10.8 Å². The van der Waals surface area contributed by atoms with Gasteiger partial charge in [0.1, 0.15) is 5.54 Å². The highest BCUT2D eigenvalue weighted by molar-refractivity contribution is 5.84. The molecule has 0 heterocycles. The van der Waals surface area contributed by atoms with Crippen LogP contribution in [0, 0.1) is 0 Å². The zero-order valence-electron chi connectivity index (χ0n) is 8.66. The van der Waals surface area contributed by atoms with E-state index in [1.165, 1.54) is 12.1 Å². The predicted octanol–water partition coefficient (Wildman–Crippen LogP) is 1.97. The number of hydrogen-bond donors (Lipinski definition) is 2. The molecular weight excluding hydrogens is 235 g/mol. The Balaban J connectivity index is 2.19. The lowest BCUT2D eigenvalue weighted by Gasteiger charge is -2.08. The summed E-state index contributed by atoms with van der Waals surface area (Å²) in [5.41, 5.74) is 4.03. The lowest BCUT2D eigenvalue weighted by Crippen LogP contribution is -2.34. The number of aliphatic carboxylic acids is 1. The van der Waals surface area contributed by atoms with Gasteiger partial charge in [0.2, 0.25) is 0 Å². The third kappa shape index (κ3) is 2.00. The number of nitrogens with two attached hydrogens (primary N) is 1. The van der Waals surface area contributed by atoms with E-state index in [1.807, 2.05) is 0 Å². The molecule has 3 nitrogen and oxygen atoms in total. The molecule has 1 aromatic rings. The van der Waals surface area contributed by atoms with E-state index in [2.05, 4.69) is 0 Å². The Morgan fingerprint density at radius 3 is 2.24 bits per heavy atom. The molecule has 0 aromatic heterocycles. The normalized spacial score (nSPS) is 27.9. The van der Waals surface area contributed by atoms with E-state index >= 15 is 0 Å². The lowest BCUT2D eigenvalue weighted by molar-refractivity contribution is -0.140. The SMILES string of the molecule is N[C@]1(C(=O)O)C[C@@H]1c1ccc(C(F)(F)F)cc1. The summed E-state index contributed by atoms with van der Waals surface area (Å²) in [6.07, 6.45) is -4.12. The second kappa shape index (κ2) is 3.46. The van der Waals surface area contributed by atoms with Gasteiger partial charge in [0.15, 0.2) is 0 Å². The summed E-state index contributed by atoms with van der Waals surface area (Å²) in [5.74, 6) is -1.52. The van der Waals surface area contributed by atoms with Crippen LogP contribution in [0.4, 0.5) is 13.2 Å². The Hall–Kier alpha value is -1.56. The fourth-order valence-electron chi connectivity index (χ4n) is 1.83. The topological polar surface area (TPSA) is 63.3 Å². The summed E-state index contributed by atoms with van der Waals surface area (Å²) in [7, 11) is 0. The molecule has 2 atom stereocenters. The maximum absolute atomic E-state index is 12.3. The van der Waals surface area contributed by atoms with Crippen molar-refractivity contribution in [1.82, 2.24) is 0 Å². The number of halogens is 3. The van der Waals surface area contributed by atoms with Crippen molar-refractivity contribution in [2.45, 2.75) is 24.1 Å². The van der Waals surface area contributed by atoms with Crippen molar-refractivity contribution in [3.8, 4) is 0 Å². The van der Waals surface area contributed by atoms with Gasteiger partial charge < -0.3 is 10.8 Å². The Bertz CT molecular complexity index is 455. The molecule has 3 N–H and O–H groups in total. The van der Waals surface area contributed by atoms with Gasteiger partial charge >= 0.3 is 12.1 Å². The largest absolute Gasteiger partial charge is 0.480 e. The molecule has 0 aliphatic heterocycles. The van der Waals surface area contributed by atoms with Crippen molar-refractivity contribution >= 4 is 5.97 Å². The molecule has 1 fully saturated rings. The first-order chi connectivity index (χ1) is 7.75. The molecule has 92 valence electrons. The monoisotopic (exact) mass is 245 g/mol. The summed E-state index contributed by atoms with van der Waals surface area (Å²) >= 11 is 0. The Morgan fingerprint density at radius 2 is 1.88 bits per heavy atom. The summed E-state index contributed by atoms with van der Waals surface area (Å²) in [6.45, 7) is 0. The number of carboxylic acids is 1. The van der Waals surface area contributed by atoms with Gasteiger partial charge in [0.25, 0.3) is 0 Å². The van der Waals surface area contributed by atoms with Gasteiger partial charge in [-0.05, 0) is 24.1 Å². The summed E-state index contributed by atoms with van der Waals surface area (Å²) in [4.78, 5) is 10.8. The number of rotatable bonds is 2. The zero-order chi connectivity index (χ0) is 12.8. The zero-order valence-corrected chi connectivity index (χ0v) is 8.66. The van der Waals surface area contributed by atoms with Gasteiger partial charge in [-0.2, -0.15) is 13.2 Å². The van der Waals surface area contributed by atoms with Crippen molar-refractivity contribution in [3.63, 3.8) is 0 Å². The molecular formula is C11H10F3NO2. The second-order valence-corrected chi connectivity index (χ2v) is 4.22. The maximum Gasteiger partial charge on any atom is 0.416 e. The Kier molecular flexibility index (Phi) is 2.43. The maximum atomic E-state index is 12.3. The number of carbonyl (C=O) groups is 1. The molecule has 1 saturated carbocycles. The molecule has 0 spiro atoms. The fourth-order valence-corrected chi connectivity index (χ4v) is 1.83. The molecule has 0 unspecified atom stereocenters. The first-order valence-electron chi connectivity index (χ1n) is 4.94. The van der Waals surface area contributed by atoms with E-state index in [0.29, 0.717) is 5.56 Å². The minimum absolute atomic E-state index is 0.258. The number of carboxylic acid groups (broad SMARTS) is 1. The van der Waals surface area contributed by atoms with Gasteiger partial charge in [-0.25, -0.2) is 0 Å². The van der Waals surface area contributed by atoms with Crippen molar-refractivity contribution < 1.29 is 23.1 Å². The van der Waals surface area contributed by atoms with Gasteiger partial charge in [-0.1, -0.05) is 12.1 Å². The number of alkyl halides is 3. The van der Waals surface area contributed by atoms with Crippen LogP contribution in [0.1, 0.15) is 23.5 Å². The minimum atomic E-state index is -4.38. The number of benzene rings is 1. The smallest absolute Gasteiger partial charge is 0.416 e.